The lowest BCUT2D eigenvalue weighted by Crippen LogP contribution is -2.31. The van der Waals surface area contributed by atoms with E-state index in [1.807, 2.05) is 19.9 Å². The Labute approximate surface area is 182 Å². The molecule has 12 nitrogen and oxygen atoms in total. The monoisotopic (exact) mass is 436 g/mol. The molecule has 3 aromatic rings. The van der Waals surface area contributed by atoms with Crippen LogP contribution in [0.15, 0.2) is 48.1 Å². The van der Waals surface area contributed by atoms with Gasteiger partial charge in [0.05, 0.1) is 19.0 Å². The van der Waals surface area contributed by atoms with Crippen molar-refractivity contribution in [3.8, 4) is 0 Å². The van der Waals surface area contributed by atoms with E-state index in [-0.39, 0.29) is 18.3 Å². The zero-order chi connectivity index (χ0) is 22.3. The van der Waals surface area contributed by atoms with Crippen molar-refractivity contribution < 1.29 is 19.0 Å². The Hall–Kier alpha value is -3.57. The normalized spacial score (nSPS) is 25.9. The van der Waals surface area contributed by atoms with Gasteiger partial charge in [-0.25, -0.2) is 15.0 Å². The third kappa shape index (κ3) is 3.55. The van der Waals surface area contributed by atoms with Crippen LogP contribution in [0.1, 0.15) is 30.4 Å². The highest BCUT2D eigenvalue weighted by Crippen LogP contribution is 2.44. The number of carbonyl (C=O) groups is 1. The fraction of sp³-hybridized carbons (Fsp3) is 0.400. The van der Waals surface area contributed by atoms with Crippen LogP contribution in [0.4, 0.5) is 5.82 Å². The van der Waals surface area contributed by atoms with E-state index in [2.05, 4.69) is 30.3 Å². The van der Waals surface area contributed by atoms with Crippen LogP contribution in [0.25, 0.3) is 21.6 Å². The van der Waals surface area contributed by atoms with E-state index in [9.17, 15) is 4.79 Å². The van der Waals surface area contributed by atoms with E-state index in [1.165, 1.54) is 6.33 Å². The number of anilines is 1. The summed E-state index contributed by atoms with van der Waals surface area (Å²) in [5.74, 6) is -0.834. The number of imidazole rings is 1. The fourth-order valence-electron chi connectivity index (χ4n) is 4.05. The van der Waals surface area contributed by atoms with Crippen molar-refractivity contribution in [1.82, 2.24) is 19.5 Å². The van der Waals surface area contributed by atoms with E-state index in [4.69, 9.17) is 19.7 Å². The molecule has 12 heteroatoms. The molecule has 0 aliphatic carbocycles. The maximum absolute atomic E-state index is 12.6. The molecule has 0 saturated carbocycles. The molecule has 1 unspecified atom stereocenters. The molecule has 0 radical (unpaired) electrons. The maximum atomic E-state index is 12.6. The molecule has 2 aliphatic heterocycles. The average Bonchev–Trinajstić information content (AvgIpc) is 3.44. The lowest BCUT2D eigenvalue weighted by molar-refractivity contribution is -0.195. The summed E-state index contributed by atoms with van der Waals surface area (Å²) in [6.45, 7) is 3.74. The number of aromatic nitrogens is 4. The number of fused-ring (bicyclic) bond motifs is 2. The van der Waals surface area contributed by atoms with Gasteiger partial charge in [-0.2, -0.15) is 0 Å². The lowest BCUT2D eigenvalue weighted by atomic mass is 10.1. The number of rotatable bonds is 5. The summed E-state index contributed by atoms with van der Waals surface area (Å²) < 4.78 is 19.9. The van der Waals surface area contributed by atoms with E-state index >= 15 is 0 Å². The van der Waals surface area contributed by atoms with Gasteiger partial charge in [-0.1, -0.05) is 23.3 Å². The number of amides is 1. The number of azide groups is 1. The van der Waals surface area contributed by atoms with Crippen LogP contribution in [0.5, 0.6) is 0 Å². The highest BCUT2D eigenvalue weighted by atomic mass is 16.8. The Morgan fingerprint density at radius 3 is 2.78 bits per heavy atom. The molecular formula is C20H20N8O4. The van der Waals surface area contributed by atoms with Crippen molar-refractivity contribution in [3.63, 3.8) is 0 Å². The van der Waals surface area contributed by atoms with E-state index in [0.717, 1.165) is 0 Å². The van der Waals surface area contributed by atoms with Crippen molar-refractivity contribution >= 4 is 22.9 Å². The zero-order valence-electron chi connectivity index (χ0n) is 17.3. The number of hydrogen-bond donors (Lipinski definition) is 1. The van der Waals surface area contributed by atoms with Gasteiger partial charge in [-0.3, -0.25) is 9.36 Å². The number of nitrogens with zero attached hydrogens (tertiary/aromatic N) is 7. The van der Waals surface area contributed by atoms with Crippen LogP contribution < -0.4 is 5.32 Å². The van der Waals surface area contributed by atoms with Gasteiger partial charge in [0.2, 0.25) is 0 Å². The maximum Gasteiger partial charge on any atom is 0.256 e. The van der Waals surface area contributed by atoms with Crippen LogP contribution >= 0.6 is 0 Å². The molecule has 5 rings (SSSR count). The van der Waals surface area contributed by atoms with Crippen molar-refractivity contribution in [2.24, 2.45) is 5.11 Å². The SMILES string of the molecule is CC1(C)OC2[C@@H](CN=[N+]=[N-])O[C@@H](n3cnc4c(NC(=O)c5ccccc5)ncnc43)[C@H]2O1. The number of hydrogen-bond acceptors (Lipinski definition) is 8. The van der Waals surface area contributed by atoms with Gasteiger partial charge < -0.3 is 19.5 Å². The molecule has 1 N–H and O–H groups in total. The summed E-state index contributed by atoms with van der Waals surface area (Å²) in [5, 5.41) is 6.42. The summed E-state index contributed by atoms with van der Waals surface area (Å²) in [5.41, 5.74) is 10.1. The van der Waals surface area contributed by atoms with Gasteiger partial charge in [0.1, 0.15) is 18.5 Å². The van der Waals surface area contributed by atoms with Crippen LogP contribution in [0, 0.1) is 0 Å². The highest BCUT2D eigenvalue weighted by molar-refractivity contribution is 6.06. The van der Waals surface area contributed by atoms with E-state index in [0.29, 0.717) is 16.7 Å². The van der Waals surface area contributed by atoms with E-state index in [1.54, 1.807) is 35.2 Å². The molecule has 2 aliphatic rings. The van der Waals surface area contributed by atoms with Crippen LogP contribution in [-0.2, 0) is 14.2 Å². The number of benzene rings is 1. The molecule has 2 aromatic heterocycles. The number of carbonyl (C=O) groups excluding carboxylic acids is 1. The third-order valence-electron chi connectivity index (χ3n) is 5.35. The summed E-state index contributed by atoms with van der Waals surface area (Å²) in [6, 6.07) is 8.82. The Bertz CT molecular complexity index is 1210. The molecule has 4 atom stereocenters. The fourth-order valence-corrected chi connectivity index (χ4v) is 4.05. The molecular weight excluding hydrogens is 416 g/mol. The lowest BCUT2D eigenvalue weighted by Gasteiger charge is -2.24. The molecule has 2 fully saturated rings. The minimum atomic E-state index is -0.813. The van der Waals surface area contributed by atoms with Gasteiger partial charge >= 0.3 is 0 Å². The topological polar surface area (TPSA) is 149 Å². The zero-order valence-corrected chi connectivity index (χ0v) is 17.3. The van der Waals surface area contributed by atoms with Gasteiger partial charge in [0, 0.05) is 10.5 Å². The van der Waals surface area contributed by atoms with Crippen molar-refractivity contribution in [2.45, 2.75) is 44.2 Å². The predicted molar refractivity (Wildman–Crippen MR) is 111 cm³/mol. The Kier molecular flexibility index (Phi) is 4.98. The Morgan fingerprint density at radius 2 is 2.00 bits per heavy atom. The van der Waals surface area contributed by atoms with Gasteiger partial charge in [-0.15, -0.1) is 0 Å². The smallest absolute Gasteiger partial charge is 0.256 e. The van der Waals surface area contributed by atoms with Gasteiger partial charge in [0.25, 0.3) is 5.91 Å². The average molecular weight is 436 g/mol. The predicted octanol–water partition coefficient (Wildman–Crippen LogP) is 2.81. The van der Waals surface area contributed by atoms with Crippen molar-refractivity contribution in [1.29, 1.82) is 0 Å². The van der Waals surface area contributed by atoms with E-state index < -0.39 is 30.3 Å². The van der Waals surface area contributed by atoms with Crippen LogP contribution in [0.2, 0.25) is 0 Å². The molecule has 4 heterocycles. The summed E-state index contributed by atoms with van der Waals surface area (Å²) in [7, 11) is 0. The molecule has 0 bridgehead atoms. The molecule has 32 heavy (non-hydrogen) atoms. The third-order valence-corrected chi connectivity index (χ3v) is 5.35. The first kappa shape index (κ1) is 20.3. The summed E-state index contributed by atoms with van der Waals surface area (Å²) >= 11 is 0. The largest absolute Gasteiger partial charge is 0.349 e. The first-order valence-electron chi connectivity index (χ1n) is 10.0. The van der Waals surface area contributed by atoms with Crippen molar-refractivity contribution in [2.75, 3.05) is 11.9 Å². The molecule has 164 valence electrons. The van der Waals surface area contributed by atoms with Crippen LogP contribution in [0.3, 0.4) is 0 Å². The number of ether oxygens (including phenoxy) is 3. The van der Waals surface area contributed by atoms with Crippen molar-refractivity contribution in [3.05, 3.63) is 59.0 Å². The standard InChI is InChI=1S/C20H20N8O4/c1-20(2)31-14-12(8-25-27-21)30-19(15(14)32-20)28-10-24-13-16(22-9-23-17(13)28)26-18(29)11-6-4-3-5-7-11/h3-7,9-10,12,14-15,19H,8H2,1-2H3,(H,22,23,26,29)/t12-,14?,15+,19-/m1/s1. The number of nitrogens with one attached hydrogen (secondary N) is 1. The first-order valence-corrected chi connectivity index (χ1v) is 10.0. The summed E-state index contributed by atoms with van der Waals surface area (Å²) in [4.78, 5) is 28.3. The highest BCUT2D eigenvalue weighted by Gasteiger charge is 2.55. The van der Waals surface area contributed by atoms with Gasteiger partial charge in [-0.05, 0) is 31.5 Å². The molecule has 0 spiro atoms. The minimum absolute atomic E-state index is 0.105. The molecule has 1 aromatic carbocycles. The second-order valence-corrected chi connectivity index (χ2v) is 7.91. The summed E-state index contributed by atoms with van der Waals surface area (Å²) in [6.07, 6.45) is 0.929. The van der Waals surface area contributed by atoms with Gasteiger partial charge in [0.15, 0.2) is 29.0 Å². The second-order valence-electron chi connectivity index (χ2n) is 7.91. The quantitative estimate of drug-likeness (QED) is 0.367. The van der Waals surface area contributed by atoms with Crippen LogP contribution in [-0.4, -0.2) is 56.1 Å². The molecule has 1 amide bonds. The minimum Gasteiger partial charge on any atom is -0.349 e. The first-order chi connectivity index (χ1) is 15.5. The molecule has 2 saturated heterocycles. The second kappa shape index (κ2) is 7.84. The Morgan fingerprint density at radius 1 is 1.22 bits per heavy atom. The Balaban J connectivity index is 1.47.